The van der Waals surface area contributed by atoms with Crippen LogP contribution < -0.4 is 5.32 Å². The molecule has 0 aromatic carbocycles. The van der Waals surface area contributed by atoms with E-state index < -0.39 is 0 Å². The molecule has 0 saturated carbocycles. The molecule has 0 atom stereocenters. The van der Waals surface area contributed by atoms with Crippen LogP contribution in [0, 0.1) is 5.92 Å². The molecule has 104 valence electrons. The van der Waals surface area contributed by atoms with Crippen LogP contribution in [0.1, 0.15) is 57.5 Å². The summed E-state index contributed by atoms with van der Waals surface area (Å²) in [6.07, 6.45) is 4.58. The van der Waals surface area contributed by atoms with Gasteiger partial charge in [0.25, 0.3) is 0 Å². The van der Waals surface area contributed by atoms with Gasteiger partial charge in [-0.05, 0) is 25.8 Å². The topological polar surface area (TPSA) is 29.9 Å². The Morgan fingerprint density at radius 2 is 1.78 bits per heavy atom. The van der Waals surface area contributed by atoms with Gasteiger partial charge in [0.05, 0.1) is 5.69 Å². The number of aromatic nitrogens is 2. The SMILES string of the molecule is CCc1nn(CC(CC)CC)c(CC)c1CNC. The highest BCUT2D eigenvalue weighted by molar-refractivity contribution is 5.26. The zero-order valence-electron chi connectivity index (χ0n) is 12.7. The van der Waals surface area contributed by atoms with E-state index in [2.05, 4.69) is 37.7 Å². The molecule has 1 rings (SSSR count). The molecule has 0 unspecified atom stereocenters. The molecule has 1 heterocycles. The van der Waals surface area contributed by atoms with Crippen molar-refractivity contribution in [2.45, 2.75) is 66.5 Å². The second kappa shape index (κ2) is 7.57. The molecule has 18 heavy (non-hydrogen) atoms. The van der Waals surface area contributed by atoms with Crippen LogP contribution in [0.25, 0.3) is 0 Å². The van der Waals surface area contributed by atoms with Gasteiger partial charge in [0.2, 0.25) is 0 Å². The van der Waals surface area contributed by atoms with Gasteiger partial charge in [0.1, 0.15) is 0 Å². The number of hydrogen-bond acceptors (Lipinski definition) is 2. The molecule has 0 aliphatic heterocycles. The van der Waals surface area contributed by atoms with Crippen LogP contribution in [-0.2, 0) is 25.9 Å². The average Bonchev–Trinajstić information content (AvgIpc) is 2.73. The Labute approximate surface area is 112 Å². The summed E-state index contributed by atoms with van der Waals surface area (Å²) in [5, 5.41) is 8.11. The van der Waals surface area contributed by atoms with Gasteiger partial charge < -0.3 is 5.32 Å². The minimum atomic E-state index is 0.752. The summed E-state index contributed by atoms with van der Waals surface area (Å²) >= 11 is 0. The van der Waals surface area contributed by atoms with Gasteiger partial charge in [0.15, 0.2) is 0 Å². The van der Waals surface area contributed by atoms with E-state index in [1.54, 1.807) is 0 Å². The van der Waals surface area contributed by atoms with Crippen molar-refractivity contribution < 1.29 is 0 Å². The number of hydrogen-bond donors (Lipinski definition) is 1. The molecule has 0 saturated heterocycles. The number of aryl methyl sites for hydroxylation is 1. The zero-order valence-corrected chi connectivity index (χ0v) is 12.7. The molecule has 0 radical (unpaired) electrons. The fraction of sp³-hybridized carbons (Fsp3) is 0.800. The van der Waals surface area contributed by atoms with Crippen molar-refractivity contribution in [3.05, 3.63) is 17.0 Å². The highest BCUT2D eigenvalue weighted by Gasteiger charge is 2.16. The number of rotatable bonds is 8. The third-order valence-electron chi connectivity index (χ3n) is 3.86. The van der Waals surface area contributed by atoms with Gasteiger partial charge in [-0.3, -0.25) is 4.68 Å². The number of nitrogens with zero attached hydrogens (tertiary/aromatic N) is 2. The molecule has 1 aromatic rings. The fourth-order valence-electron chi connectivity index (χ4n) is 2.59. The summed E-state index contributed by atoms with van der Waals surface area (Å²) in [6.45, 7) is 11.0. The summed E-state index contributed by atoms with van der Waals surface area (Å²) in [4.78, 5) is 0. The molecule has 0 aliphatic carbocycles. The van der Waals surface area contributed by atoms with Crippen molar-refractivity contribution in [1.82, 2.24) is 15.1 Å². The minimum Gasteiger partial charge on any atom is -0.316 e. The van der Waals surface area contributed by atoms with Crippen LogP contribution in [0.2, 0.25) is 0 Å². The van der Waals surface area contributed by atoms with Crippen LogP contribution in [-0.4, -0.2) is 16.8 Å². The third kappa shape index (κ3) is 3.35. The van der Waals surface area contributed by atoms with E-state index in [1.165, 1.54) is 29.8 Å². The first-order chi connectivity index (χ1) is 8.71. The maximum absolute atomic E-state index is 4.83. The van der Waals surface area contributed by atoms with Crippen LogP contribution in [0.5, 0.6) is 0 Å². The lowest BCUT2D eigenvalue weighted by Gasteiger charge is -2.14. The monoisotopic (exact) mass is 251 g/mol. The summed E-state index contributed by atoms with van der Waals surface area (Å²) in [5.74, 6) is 0.752. The quantitative estimate of drug-likeness (QED) is 0.769. The van der Waals surface area contributed by atoms with Gasteiger partial charge in [-0.1, -0.05) is 40.5 Å². The Hall–Kier alpha value is -0.830. The smallest absolute Gasteiger partial charge is 0.0669 e. The molecule has 3 heteroatoms. The Morgan fingerprint density at radius 3 is 2.22 bits per heavy atom. The summed E-state index contributed by atoms with van der Waals surface area (Å²) < 4.78 is 2.27. The van der Waals surface area contributed by atoms with Crippen molar-refractivity contribution in [3.8, 4) is 0 Å². The molecule has 1 aromatic heterocycles. The van der Waals surface area contributed by atoms with Crippen molar-refractivity contribution in [3.63, 3.8) is 0 Å². The van der Waals surface area contributed by atoms with E-state index in [4.69, 9.17) is 5.10 Å². The second-order valence-electron chi connectivity index (χ2n) is 4.97. The molecule has 0 fully saturated rings. The Morgan fingerprint density at radius 1 is 1.11 bits per heavy atom. The van der Waals surface area contributed by atoms with Gasteiger partial charge in [-0.15, -0.1) is 0 Å². The predicted octanol–water partition coefficient (Wildman–Crippen LogP) is 3.16. The second-order valence-corrected chi connectivity index (χ2v) is 4.97. The Balaban J connectivity index is 3.03. The normalized spacial score (nSPS) is 11.4. The summed E-state index contributed by atoms with van der Waals surface area (Å²) in [7, 11) is 2.01. The lowest BCUT2D eigenvalue weighted by molar-refractivity contribution is 0.387. The molecular weight excluding hydrogens is 222 g/mol. The lowest BCUT2D eigenvalue weighted by atomic mass is 10.0. The molecule has 0 amide bonds. The molecule has 1 N–H and O–H groups in total. The van der Waals surface area contributed by atoms with Crippen LogP contribution >= 0.6 is 0 Å². The first kappa shape index (κ1) is 15.2. The molecule has 0 aliphatic rings. The highest BCUT2D eigenvalue weighted by Crippen LogP contribution is 2.19. The standard InChI is InChI=1S/C15H29N3/c1-6-12(7-2)11-18-15(9-4)13(10-16-5)14(8-3)17-18/h12,16H,6-11H2,1-5H3. The van der Waals surface area contributed by atoms with Gasteiger partial charge in [-0.2, -0.15) is 5.10 Å². The average molecular weight is 251 g/mol. The van der Waals surface area contributed by atoms with Crippen LogP contribution in [0.15, 0.2) is 0 Å². The first-order valence-corrected chi connectivity index (χ1v) is 7.43. The zero-order chi connectivity index (χ0) is 13.5. The Kier molecular flexibility index (Phi) is 6.41. The molecule has 0 spiro atoms. The van der Waals surface area contributed by atoms with E-state index in [0.717, 1.165) is 31.8 Å². The predicted molar refractivity (Wildman–Crippen MR) is 77.8 cm³/mol. The molecule has 0 bridgehead atoms. The van der Waals surface area contributed by atoms with E-state index in [0.29, 0.717) is 0 Å². The Bertz CT molecular complexity index is 351. The summed E-state index contributed by atoms with van der Waals surface area (Å²) in [5.41, 5.74) is 4.12. The van der Waals surface area contributed by atoms with Gasteiger partial charge in [0, 0.05) is 24.3 Å². The fourth-order valence-corrected chi connectivity index (χ4v) is 2.59. The van der Waals surface area contributed by atoms with Crippen LogP contribution in [0.3, 0.4) is 0 Å². The maximum Gasteiger partial charge on any atom is 0.0669 e. The number of nitrogens with one attached hydrogen (secondary N) is 1. The minimum absolute atomic E-state index is 0.752. The molecule has 3 nitrogen and oxygen atoms in total. The van der Waals surface area contributed by atoms with E-state index >= 15 is 0 Å². The van der Waals surface area contributed by atoms with E-state index in [9.17, 15) is 0 Å². The molecular formula is C15H29N3. The largest absolute Gasteiger partial charge is 0.316 e. The van der Waals surface area contributed by atoms with E-state index in [1.807, 2.05) is 7.05 Å². The third-order valence-corrected chi connectivity index (χ3v) is 3.86. The maximum atomic E-state index is 4.83. The lowest BCUT2D eigenvalue weighted by Crippen LogP contribution is -2.14. The first-order valence-electron chi connectivity index (χ1n) is 7.43. The van der Waals surface area contributed by atoms with Crippen molar-refractivity contribution in [2.24, 2.45) is 5.92 Å². The van der Waals surface area contributed by atoms with Crippen LogP contribution in [0.4, 0.5) is 0 Å². The van der Waals surface area contributed by atoms with Gasteiger partial charge in [-0.25, -0.2) is 0 Å². The van der Waals surface area contributed by atoms with E-state index in [-0.39, 0.29) is 0 Å². The summed E-state index contributed by atoms with van der Waals surface area (Å²) in [6, 6.07) is 0. The van der Waals surface area contributed by atoms with Gasteiger partial charge >= 0.3 is 0 Å². The highest BCUT2D eigenvalue weighted by atomic mass is 15.3. The van der Waals surface area contributed by atoms with Crippen molar-refractivity contribution in [2.75, 3.05) is 7.05 Å². The van der Waals surface area contributed by atoms with Crippen molar-refractivity contribution >= 4 is 0 Å². The van der Waals surface area contributed by atoms with Crippen molar-refractivity contribution in [1.29, 1.82) is 0 Å².